The topological polar surface area (TPSA) is 35.6 Å². The molecule has 0 aliphatic carbocycles. The molecule has 4 nitrogen and oxygen atoms in total. The number of halogens is 1. The molecule has 0 atom stereocenters. The Labute approximate surface area is 112 Å². The van der Waals surface area contributed by atoms with Crippen LogP contribution in [0.4, 0.5) is 4.39 Å². The van der Waals surface area contributed by atoms with Crippen LogP contribution in [0.2, 0.25) is 0 Å². The number of hydrogen-bond donors (Lipinski definition) is 1. The molecule has 1 aromatic carbocycles. The Balaban J connectivity index is 1.82. The molecule has 1 heterocycles. The van der Waals surface area contributed by atoms with E-state index in [4.69, 9.17) is 0 Å². The van der Waals surface area contributed by atoms with E-state index in [1.54, 1.807) is 18.2 Å². The number of nitrogens with zero attached hydrogens (tertiary/aromatic N) is 2. The number of carbonyl (C=O) groups excluding carboxylic acids is 1. The zero-order valence-electron chi connectivity index (χ0n) is 11.0. The van der Waals surface area contributed by atoms with Crippen molar-refractivity contribution < 1.29 is 9.18 Å². The Morgan fingerprint density at radius 3 is 2.47 bits per heavy atom. The van der Waals surface area contributed by atoms with E-state index in [1.165, 1.54) is 18.2 Å². The summed E-state index contributed by atoms with van der Waals surface area (Å²) < 4.78 is 12.7. The van der Waals surface area contributed by atoms with Crippen LogP contribution in [0.25, 0.3) is 6.08 Å². The lowest BCUT2D eigenvalue weighted by Crippen LogP contribution is -2.52. The van der Waals surface area contributed by atoms with Crippen molar-refractivity contribution in [2.24, 2.45) is 0 Å². The van der Waals surface area contributed by atoms with Crippen molar-refractivity contribution in [3.8, 4) is 0 Å². The average Bonchev–Trinajstić information content (AvgIpc) is 2.41. The van der Waals surface area contributed by atoms with Crippen molar-refractivity contribution in [1.29, 1.82) is 0 Å². The van der Waals surface area contributed by atoms with E-state index in [1.807, 2.05) is 5.01 Å². The lowest BCUT2D eigenvalue weighted by Gasteiger charge is -2.31. The smallest absolute Gasteiger partial charge is 0.258 e. The van der Waals surface area contributed by atoms with Gasteiger partial charge in [-0.05, 0) is 30.8 Å². The Bertz CT molecular complexity index is 450. The lowest BCUT2D eigenvalue weighted by atomic mass is 10.2. The largest absolute Gasteiger partial charge is 0.304 e. The van der Waals surface area contributed by atoms with E-state index in [2.05, 4.69) is 17.4 Å². The predicted octanol–water partition coefficient (Wildman–Crippen LogP) is 1.12. The summed E-state index contributed by atoms with van der Waals surface area (Å²) in [7, 11) is 2.06. The molecule has 1 aliphatic heterocycles. The van der Waals surface area contributed by atoms with E-state index in [-0.39, 0.29) is 11.7 Å². The standard InChI is InChI=1S/C14H18FN3O/c1-17-8-10-18(11-9-17)16-14(19)7-4-12-2-5-13(15)6-3-12/h2-7H,8-11H2,1H3,(H,16,19). The molecule has 0 aromatic heterocycles. The second kappa shape index (κ2) is 6.45. The van der Waals surface area contributed by atoms with Crippen molar-refractivity contribution in [3.63, 3.8) is 0 Å². The summed E-state index contributed by atoms with van der Waals surface area (Å²) in [5.41, 5.74) is 3.63. The van der Waals surface area contributed by atoms with Gasteiger partial charge in [-0.2, -0.15) is 0 Å². The van der Waals surface area contributed by atoms with Gasteiger partial charge in [0.05, 0.1) is 0 Å². The molecule has 1 fully saturated rings. The Hall–Kier alpha value is -1.72. The van der Waals surface area contributed by atoms with Crippen LogP contribution >= 0.6 is 0 Å². The van der Waals surface area contributed by atoms with E-state index in [0.717, 1.165) is 31.7 Å². The van der Waals surface area contributed by atoms with Gasteiger partial charge in [0, 0.05) is 32.3 Å². The van der Waals surface area contributed by atoms with Gasteiger partial charge in [-0.25, -0.2) is 9.40 Å². The second-order valence-corrected chi connectivity index (χ2v) is 4.65. The number of rotatable bonds is 3. The molecule has 1 N–H and O–H groups in total. The molecule has 0 spiro atoms. The third kappa shape index (κ3) is 4.46. The minimum atomic E-state index is -0.279. The fraction of sp³-hybridized carbons (Fsp3) is 0.357. The highest BCUT2D eigenvalue weighted by Gasteiger charge is 2.14. The molecule has 1 aromatic rings. The maximum atomic E-state index is 12.7. The highest BCUT2D eigenvalue weighted by molar-refractivity contribution is 5.91. The number of piperazine rings is 1. The summed E-state index contributed by atoms with van der Waals surface area (Å²) >= 11 is 0. The van der Waals surface area contributed by atoms with Crippen LogP contribution in [0.3, 0.4) is 0 Å². The van der Waals surface area contributed by atoms with Gasteiger partial charge in [0.1, 0.15) is 5.82 Å². The summed E-state index contributed by atoms with van der Waals surface area (Å²) in [5.74, 6) is -0.437. The van der Waals surface area contributed by atoms with Crippen LogP contribution in [-0.2, 0) is 4.79 Å². The van der Waals surface area contributed by atoms with Gasteiger partial charge in [0.2, 0.25) is 0 Å². The molecule has 0 saturated carbocycles. The minimum absolute atomic E-state index is 0.158. The van der Waals surface area contributed by atoms with E-state index >= 15 is 0 Å². The maximum Gasteiger partial charge on any atom is 0.258 e. The zero-order valence-corrected chi connectivity index (χ0v) is 11.0. The van der Waals surface area contributed by atoms with Crippen LogP contribution in [0, 0.1) is 5.82 Å². The maximum absolute atomic E-state index is 12.7. The minimum Gasteiger partial charge on any atom is -0.304 e. The van der Waals surface area contributed by atoms with Gasteiger partial charge in [-0.1, -0.05) is 12.1 Å². The van der Waals surface area contributed by atoms with E-state index in [9.17, 15) is 9.18 Å². The van der Waals surface area contributed by atoms with Crippen LogP contribution in [0.1, 0.15) is 5.56 Å². The monoisotopic (exact) mass is 263 g/mol. The molecule has 1 aliphatic rings. The molecule has 2 rings (SSSR count). The quantitative estimate of drug-likeness (QED) is 0.830. The number of amides is 1. The first kappa shape index (κ1) is 13.7. The summed E-state index contributed by atoms with van der Waals surface area (Å²) in [6.45, 7) is 3.54. The van der Waals surface area contributed by atoms with Gasteiger partial charge < -0.3 is 4.90 Å². The number of benzene rings is 1. The van der Waals surface area contributed by atoms with Crippen molar-refractivity contribution in [1.82, 2.24) is 15.3 Å². The first-order valence-electron chi connectivity index (χ1n) is 6.31. The van der Waals surface area contributed by atoms with Crippen molar-refractivity contribution in [2.75, 3.05) is 33.2 Å². The second-order valence-electron chi connectivity index (χ2n) is 4.65. The summed E-state index contributed by atoms with van der Waals surface area (Å²) in [6.07, 6.45) is 3.14. The number of hydrogen-bond acceptors (Lipinski definition) is 3. The lowest BCUT2D eigenvalue weighted by molar-refractivity contribution is -0.121. The normalized spacial score (nSPS) is 17.8. The molecule has 1 saturated heterocycles. The highest BCUT2D eigenvalue weighted by Crippen LogP contribution is 2.04. The molecule has 0 bridgehead atoms. The van der Waals surface area contributed by atoms with Gasteiger partial charge >= 0.3 is 0 Å². The number of hydrazine groups is 1. The molecule has 0 unspecified atom stereocenters. The van der Waals surface area contributed by atoms with Crippen molar-refractivity contribution >= 4 is 12.0 Å². The number of carbonyl (C=O) groups is 1. The Kier molecular flexibility index (Phi) is 4.65. The molecular formula is C14H18FN3O. The molecule has 1 amide bonds. The fourth-order valence-electron chi connectivity index (χ4n) is 1.86. The van der Waals surface area contributed by atoms with Crippen LogP contribution in [-0.4, -0.2) is 49.0 Å². The first-order valence-corrected chi connectivity index (χ1v) is 6.31. The molecule has 5 heteroatoms. The number of likely N-dealkylation sites (N-methyl/N-ethyl adjacent to an activating group) is 1. The van der Waals surface area contributed by atoms with Gasteiger partial charge in [-0.3, -0.25) is 10.2 Å². The van der Waals surface area contributed by atoms with E-state index < -0.39 is 0 Å². The third-order valence-corrected chi connectivity index (χ3v) is 3.07. The first-order chi connectivity index (χ1) is 9.13. The Morgan fingerprint density at radius 1 is 1.21 bits per heavy atom. The summed E-state index contributed by atoms with van der Waals surface area (Å²) in [4.78, 5) is 13.9. The number of nitrogens with one attached hydrogen (secondary N) is 1. The zero-order chi connectivity index (χ0) is 13.7. The molecule has 19 heavy (non-hydrogen) atoms. The van der Waals surface area contributed by atoms with E-state index in [0.29, 0.717) is 0 Å². The fourth-order valence-corrected chi connectivity index (χ4v) is 1.86. The van der Waals surface area contributed by atoms with Crippen molar-refractivity contribution in [2.45, 2.75) is 0 Å². The van der Waals surface area contributed by atoms with Gasteiger partial charge in [-0.15, -0.1) is 0 Å². The van der Waals surface area contributed by atoms with Gasteiger partial charge in [0.15, 0.2) is 0 Å². The SMILES string of the molecule is CN1CCN(NC(=O)C=Cc2ccc(F)cc2)CC1. The van der Waals surface area contributed by atoms with Gasteiger partial charge in [0.25, 0.3) is 5.91 Å². The Morgan fingerprint density at radius 2 is 1.84 bits per heavy atom. The predicted molar refractivity (Wildman–Crippen MR) is 72.6 cm³/mol. The molecular weight excluding hydrogens is 245 g/mol. The summed E-state index contributed by atoms with van der Waals surface area (Å²) in [6, 6.07) is 6.01. The third-order valence-electron chi connectivity index (χ3n) is 3.07. The van der Waals surface area contributed by atoms with Crippen LogP contribution < -0.4 is 5.43 Å². The highest BCUT2D eigenvalue weighted by atomic mass is 19.1. The molecule has 0 radical (unpaired) electrons. The molecule has 102 valence electrons. The van der Waals surface area contributed by atoms with Crippen LogP contribution in [0.5, 0.6) is 0 Å². The van der Waals surface area contributed by atoms with Crippen molar-refractivity contribution in [3.05, 3.63) is 41.7 Å². The average molecular weight is 263 g/mol. The van der Waals surface area contributed by atoms with Crippen LogP contribution in [0.15, 0.2) is 30.3 Å². The summed E-state index contributed by atoms with van der Waals surface area (Å²) in [5, 5.41) is 1.91.